The Morgan fingerprint density at radius 2 is 1.74 bits per heavy atom. The number of hydrogen-bond acceptors (Lipinski definition) is 4. The van der Waals surface area contributed by atoms with Gasteiger partial charge >= 0.3 is 18.3 Å². The predicted octanol–water partition coefficient (Wildman–Crippen LogP) is 1.36. The molecule has 19 heavy (non-hydrogen) atoms. The molecule has 1 rings (SSSR count). The van der Waals surface area contributed by atoms with Crippen molar-refractivity contribution in [3.8, 4) is 0 Å². The number of halogens is 6. The minimum absolute atomic E-state index is 0.180. The number of nitrogens with zero attached hydrogens (tertiary/aromatic N) is 4. The van der Waals surface area contributed by atoms with Crippen molar-refractivity contribution in [3.05, 3.63) is 5.82 Å². The molecule has 108 valence electrons. The molecule has 0 unspecified atom stereocenters. The second-order valence-electron chi connectivity index (χ2n) is 3.42. The third-order valence-electron chi connectivity index (χ3n) is 2.01. The summed E-state index contributed by atoms with van der Waals surface area (Å²) in [5.74, 6) is -6.75. The van der Waals surface area contributed by atoms with Crippen LogP contribution in [0, 0.1) is 0 Å². The number of carboxylic acid groups (broad SMARTS) is 1. The lowest BCUT2D eigenvalue weighted by molar-refractivity contribution is -0.256. The number of aliphatic carboxylic acids is 1. The molecule has 1 aromatic heterocycles. The van der Waals surface area contributed by atoms with Crippen LogP contribution in [0.5, 0.6) is 0 Å². The number of alkyl halides is 6. The molecule has 0 spiro atoms. The summed E-state index contributed by atoms with van der Waals surface area (Å²) in [6, 6.07) is 0. The van der Waals surface area contributed by atoms with Gasteiger partial charge in [0.15, 0.2) is 5.82 Å². The first-order valence-electron chi connectivity index (χ1n) is 4.64. The average Bonchev–Trinajstić information content (AvgIpc) is 2.58. The van der Waals surface area contributed by atoms with Gasteiger partial charge in [-0.3, -0.25) is 4.79 Å². The first kappa shape index (κ1) is 15.2. The third kappa shape index (κ3) is 3.79. The summed E-state index contributed by atoms with van der Waals surface area (Å²) in [6.45, 7) is -0.694. The first-order chi connectivity index (χ1) is 8.53. The van der Waals surface area contributed by atoms with Crippen LogP contribution in [0.2, 0.25) is 0 Å². The number of aryl methyl sites for hydroxylation is 1. The molecular weight excluding hydrogens is 286 g/mol. The fourth-order valence-electron chi connectivity index (χ4n) is 1.26. The van der Waals surface area contributed by atoms with Crippen LogP contribution in [-0.2, 0) is 11.3 Å². The molecule has 0 atom stereocenters. The largest absolute Gasteiger partial charge is 0.481 e. The van der Waals surface area contributed by atoms with Crippen LogP contribution < -0.4 is 0 Å². The van der Waals surface area contributed by atoms with Gasteiger partial charge in [-0.25, -0.2) is 4.68 Å². The molecule has 0 aliphatic rings. The number of hydrogen-bond donors (Lipinski definition) is 1. The van der Waals surface area contributed by atoms with E-state index >= 15 is 0 Å². The fraction of sp³-hybridized carbons (Fsp3) is 0.714. The van der Waals surface area contributed by atoms with Crippen molar-refractivity contribution < 1.29 is 36.2 Å². The predicted molar refractivity (Wildman–Crippen MR) is 44.9 cm³/mol. The summed E-state index contributed by atoms with van der Waals surface area (Å²) >= 11 is 0. The molecule has 0 amide bonds. The first-order valence-corrected chi connectivity index (χ1v) is 4.64. The van der Waals surface area contributed by atoms with E-state index in [4.69, 9.17) is 5.11 Å². The Kier molecular flexibility index (Phi) is 4.00. The van der Waals surface area contributed by atoms with Gasteiger partial charge in [-0.15, -0.1) is 5.10 Å². The van der Waals surface area contributed by atoms with Crippen LogP contribution in [-0.4, -0.2) is 43.6 Å². The van der Waals surface area contributed by atoms with Crippen LogP contribution in [0.3, 0.4) is 0 Å². The summed E-state index contributed by atoms with van der Waals surface area (Å²) in [4.78, 5) is 10.2. The van der Waals surface area contributed by atoms with Gasteiger partial charge in [0.25, 0.3) is 0 Å². The lowest BCUT2D eigenvalue weighted by Crippen LogP contribution is -2.36. The van der Waals surface area contributed by atoms with Gasteiger partial charge in [0.05, 0.1) is 13.0 Å². The number of aromatic nitrogens is 4. The molecule has 0 aromatic carbocycles. The lowest BCUT2D eigenvalue weighted by atomic mass is 10.1. The fourth-order valence-corrected chi connectivity index (χ4v) is 1.26. The van der Waals surface area contributed by atoms with E-state index in [1.165, 1.54) is 0 Å². The van der Waals surface area contributed by atoms with E-state index < -0.39 is 43.0 Å². The molecule has 0 aliphatic heterocycles. The summed E-state index contributed by atoms with van der Waals surface area (Å²) in [6.07, 6.45) is -12.0. The second-order valence-corrected chi connectivity index (χ2v) is 3.42. The zero-order chi connectivity index (χ0) is 14.8. The van der Waals surface area contributed by atoms with Gasteiger partial charge in [-0.05, 0) is 10.4 Å². The van der Waals surface area contributed by atoms with Gasteiger partial charge in [0.2, 0.25) is 5.92 Å². The highest BCUT2D eigenvalue weighted by atomic mass is 19.4. The van der Waals surface area contributed by atoms with E-state index in [1.807, 2.05) is 0 Å². The molecule has 0 bridgehead atoms. The standard InChI is InChI=1S/C7H6F6N4O2/c8-6(9,10)4(7(11,12)13)5-14-15-16-17(5)2-1-3(18)19/h4H,1-2H2,(H,18,19). The lowest BCUT2D eigenvalue weighted by Gasteiger charge is -2.21. The summed E-state index contributed by atoms with van der Waals surface area (Å²) < 4.78 is 74.7. The quantitative estimate of drug-likeness (QED) is 0.847. The minimum atomic E-state index is -5.63. The molecule has 0 radical (unpaired) electrons. The van der Waals surface area contributed by atoms with Crippen molar-refractivity contribution in [1.29, 1.82) is 0 Å². The van der Waals surface area contributed by atoms with Crippen molar-refractivity contribution >= 4 is 5.97 Å². The number of rotatable bonds is 4. The van der Waals surface area contributed by atoms with Crippen LogP contribution in [0.4, 0.5) is 26.3 Å². The summed E-state index contributed by atoms with van der Waals surface area (Å²) in [5, 5.41) is 16.7. The monoisotopic (exact) mass is 292 g/mol. The third-order valence-corrected chi connectivity index (χ3v) is 2.01. The van der Waals surface area contributed by atoms with Crippen molar-refractivity contribution in [2.24, 2.45) is 0 Å². The highest BCUT2D eigenvalue weighted by Crippen LogP contribution is 2.45. The highest BCUT2D eigenvalue weighted by molar-refractivity contribution is 5.66. The van der Waals surface area contributed by atoms with Gasteiger partial charge < -0.3 is 5.11 Å². The molecule has 1 N–H and O–H groups in total. The van der Waals surface area contributed by atoms with Crippen LogP contribution in [0.25, 0.3) is 0 Å². The van der Waals surface area contributed by atoms with E-state index in [-0.39, 0.29) is 4.68 Å². The van der Waals surface area contributed by atoms with E-state index in [2.05, 4.69) is 15.5 Å². The zero-order valence-corrected chi connectivity index (χ0v) is 8.90. The molecule has 12 heteroatoms. The van der Waals surface area contributed by atoms with Crippen molar-refractivity contribution in [2.45, 2.75) is 31.2 Å². The van der Waals surface area contributed by atoms with E-state index in [0.717, 1.165) is 0 Å². The molecule has 0 saturated heterocycles. The van der Waals surface area contributed by atoms with Crippen LogP contribution >= 0.6 is 0 Å². The number of carboxylic acids is 1. The van der Waals surface area contributed by atoms with Gasteiger partial charge in [0, 0.05) is 0 Å². The molecule has 1 heterocycles. The van der Waals surface area contributed by atoms with E-state index in [0.29, 0.717) is 0 Å². The Morgan fingerprint density at radius 3 is 2.16 bits per heavy atom. The van der Waals surface area contributed by atoms with Crippen LogP contribution in [0.1, 0.15) is 18.2 Å². The Hall–Kier alpha value is -1.88. The Bertz CT molecular complexity index is 439. The Morgan fingerprint density at radius 1 is 1.21 bits per heavy atom. The Balaban J connectivity index is 3.11. The van der Waals surface area contributed by atoms with E-state index in [1.54, 1.807) is 0 Å². The normalized spacial score (nSPS) is 13.0. The minimum Gasteiger partial charge on any atom is -0.481 e. The maximum Gasteiger partial charge on any atom is 0.407 e. The maximum atomic E-state index is 12.4. The summed E-state index contributed by atoms with van der Waals surface area (Å²) in [7, 11) is 0. The average molecular weight is 292 g/mol. The number of carbonyl (C=O) groups is 1. The van der Waals surface area contributed by atoms with E-state index in [9.17, 15) is 31.1 Å². The van der Waals surface area contributed by atoms with Crippen LogP contribution in [0.15, 0.2) is 0 Å². The highest BCUT2D eigenvalue weighted by Gasteiger charge is 2.60. The topological polar surface area (TPSA) is 80.9 Å². The van der Waals surface area contributed by atoms with Gasteiger partial charge in [-0.1, -0.05) is 0 Å². The van der Waals surface area contributed by atoms with Crippen molar-refractivity contribution in [2.75, 3.05) is 0 Å². The maximum absolute atomic E-state index is 12.4. The summed E-state index contributed by atoms with van der Waals surface area (Å²) in [5.41, 5.74) is 0. The molecule has 0 fully saturated rings. The second kappa shape index (κ2) is 5.01. The molecule has 0 aliphatic carbocycles. The molecule has 6 nitrogen and oxygen atoms in total. The SMILES string of the molecule is O=C(O)CCn1nnnc1C(C(F)(F)F)C(F)(F)F. The van der Waals surface area contributed by atoms with Gasteiger partial charge in [-0.2, -0.15) is 26.3 Å². The van der Waals surface area contributed by atoms with Crippen molar-refractivity contribution in [3.63, 3.8) is 0 Å². The van der Waals surface area contributed by atoms with Gasteiger partial charge in [0.1, 0.15) is 0 Å². The smallest absolute Gasteiger partial charge is 0.407 e. The number of tetrazole rings is 1. The van der Waals surface area contributed by atoms with Crippen molar-refractivity contribution in [1.82, 2.24) is 20.2 Å². The zero-order valence-electron chi connectivity index (χ0n) is 8.90. The molecule has 0 saturated carbocycles. The Labute approximate surface area is 101 Å². The molecular formula is C7H6F6N4O2. The molecule has 1 aromatic rings.